The van der Waals surface area contributed by atoms with Gasteiger partial charge in [0.05, 0.1) is 14.2 Å². The highest BCUT2D eigenvalue weighted by Crippen LogP contribution is 2.14. The molecule has 1 N–H and O–H groups in total. The first-order chi connectivity index (χ1) is 9.63. The number of methoxy groups -OCH3 is 2. The van der Waals surface area contributed by atoms with Crippen molar-refractivity contribution in [3.8, 4) is 12.0 Å². The van der Waals surface area contributed by atoms with Gasteiger partial charge in [-0.15, -0.1) is 4.98 Å². The summed E-state index contributed by atoms with van der Waals surface area (Å²) in [6.45, 7) is 3.41. The zero-order chi connectivity index (χ0) is 14.5. The molecule has 0 bridgehead atoms. The summed E-state index contributed by atoms with van der Waals surface area (Å²) in [5.74, 6) is 0.301. The van der Waals surface area contributed by atoms with Crippen molar-refractivity contribution in [1.82, 2.24) is 19.9 Å². The Morgan fingerprint density at radius 3 is 2.20 bits per heavy atom. The quantitative estimate of drug-likeness (QED) is 0.830. The molecule has 0 spiro atoms. The van der Waals surface area contributed by atoms with Crippen LogP contribution in [0.15, 0.2) is 0 Å². The first-order valence-corrected chi connectivity index (χ1v) is 6.53. The Bertz CT molecular complexity index is 454. The standard InChI is InChI=1S/C12H19N5O3/c1-8(9(18)17-6-4-5-7-17)13-10-14-11(19-2)16-12(15-10)20-3/h8H,4-7H2,1-3H3,(H,13,14,15,16). The fraction of sp³-hybridized carbons (Fsp3) is 0.667. The summed E-state index contributed by atoms with van der Waals surface area (Å²) in [6.07, 6.45) is 2.12. The Labute approximate surface area is 117 Å². The van der Waals surface area contributed by atoms with E-state index in [1.165, 1.54) is 14.2 Å². The van der Waals surface area contributed by atoms with E-state index in [-0.39, 0.29) is 23.9 Å². The van der Waals surface area contributed by atoms with Crippen molar-refractivity contribution in [3.63, 3.8) is 0 Å². The Kier molecular flexibility index (Phi) is 4.54. The molecule has 0 radical (unpaired) electrons. The van der Waals surface area contributed by atoms with E-state index in [2.05, 4.69) is 20.3 Å². The van der Waals surface area contributed by atoms with Crippen LogP contribution in [0.4, 0.5) is 5.95 Å². The van der Waals surface area contributed by atoms with E-state index in [0.717, 1.165) is 25.9 Å². The van der Waals surface area contributed by atoms with Crippen molar-refractivity contribution in [2.45, 2.75) is 25.8 Å². The van der Waals surface area contributed by atoms with Gasteiger partial charge in [-0.2, -0.15) is 9.97 Å². The highest BCUT2D eigenvalue weighted by atomic mass is 16.5. The number of carbonyl (C=O) groups excluding carboxylic acids is 1. The van der Waals surface area contributed by atoms with Crippen molar-refractivity contribution in [3.05, 3.63) is 0 Å². The molecule has 8 nitrogen and oxygen atoms in total. The van der Waals surface area contributed by atoms with Gasteiger partial charge in [0.1, 0.15) is 6.04 Å². The van der Waals surface area contributed by atoms with Crippen LogP contribution in [0.5, 0.6) is 12.0 Å². The van der Waals surface area contributed by atoms with E-state index in [1.807, 2.05) is 4.90 Å². The van der Waals surface area contributed by atoms with Gasteiger partial charge in [-0.1, -0.05) is 0 Å². The molecule has 1 aromatic rings. The van der Waals surface area contributed by atoms with Crippen molar-refractivity contribution in [2.24, 2.45) is 0 Å². The Morgan fingerprint density at radius 2 is 1.70 bits per heavy atom. The predicted molar refractivity (Wildman–Crippen MR) is 71.8 cm³/mol. The number of hydrogen-bond donors (Lipinski definition) is 1. The van der Waals surface area contributed by atoms with Crippen LogP contribution in [0.3, 0.4) is 0 Å². The average Bonchev–Trinajstić information content (AvgIpc) is 3.00. The second-order valence-corrected chi connectivity index (χ2v) is 4.53. The number of ether oxygens (including phenoxy) is 2. The van der Waals surface area contributed by atoms with Crippen LogP contribution < -0.4 is 14.8 Å². The lowest BCUT2D eigenvalue weighted by atomic mass is 10.3. The molecule has 1 fully saturated rings. The second kappa shape index (κ2) is 6.36. The maximum absolute atomic E-state index is 12.2. The van der Waals surface area contributed by atoms with Gasteiger partial charge in [0.25, 0.3) is 0 Å². The molecule has 1 amide bonds. The number of hydrogen-bond acceptors (Lipinski definition) is 7. The summed E-state index contributed by atoms with van der Waals surface area (Å²) in [4.78, 5) is 26.0. The number of amides is 1. The number of likely N-dealkylation sites (tertiary alicyclic amines) is 1. The van der Waals surface area contributed by atoms with E-state index in [4.69, 9.17) is 9.47 Å². The maximum Gasteiger partial charge on any atom is 0.324 e. The summed E-state index contributed by atoms with van der Waals surface area (Å²) in [5, 5.41) is 2.95. The van der Waals surface area contributed by atoms with Gasteiger partial charge < -0.3 is 19.7 Å². The van der Waals surface area contributed by atoms with Crippen molar-refractivity contribution in [2.75, 3.05) is 32.6 Å². The SMILES string of the molecule is COc1nc(NC(C)C(=O)N2CCCC2)nc(OC)n1. The molecule has 20 heavy (non-hydrogen) atoms. The highest BCUT2D eigenvalue weighted by Gasteiger charge is 2.24. The Hall–Kier alpha value is -2.12. The minimum absolute atomic E-state index is 0.0424. The van der Waals surface area contributed by atoms with Gasteiger partial charge >= 0.3 is 12.0 Å². The molecule has 0 saturated carbocycles. The summed E-state index contributed by atoms with van der Waals surface area (Å²) < 4.78 is 9.92. The third-order valence-electron chi connectivity index (χ3n) is 3.09. The molecule has 1 aromatic heterocycles. The molecule has 1 atom stereocenters. The van der Waals surface area contributed by atoms with Crippen LogP contribution in [-0.4, -0.2) is 59.1 Å². The topological polar surface area (TPSA) is 89.5 Å². The largest absolute Gasteiger partial charge is 0.467 e. The third-order valence-corrected chi connectivity index (χ3v) is 3.09. The second-order valence-electron chi connectivity index (χ2n) is 4.53. The number of aromatic nitrogens is 3. The lowest BCUT2D eigenvalue weighted by molar-refractivity contribution is -0.130. The van der Waals surface area contributed by atoms with Crippen LogP contribution in [-0.2, 0) is 4.79 Å². The van der Waals surface area contributed by atoms with E-state index in [1.54, 1.807) is 6.92 Å². The van der Waals surface area contributed by atoms with Gasteiger partial charge in [-0.25, -0.2) is 0 Å². The van der Waals surface area contributed by atoms with Crippen LogP contribution in [0.1, 0.15) is 19.8 Å². The lowest BCUT2D eigenvalue weighted by Crippen LogP contribution is -2.40. The van der Waals surface area contributed by atoms with Gasteiger partial charge in [-0.05, 0) is 19.8 Å². The number of anilines is 1. The Balaban J connectivity index is 2.06. The molecule has 1 aliphatic rings. The van der Waals surface area contributed by atoms with Gasteiger partial charge in [-0.3, -0.25) is 4.79 Å². The smallest absolute Gasteiger partial charge is 0.324 e. The number of rotatable bonds is 5. The normalized spacial score (nSPS) is 15.8. The minimum atomic E-state index is -0.412. The van der Waals surface area contributed by atoms with Gasteiger partial charge in [0, 0.05) is 13.1 Å². The maximum atomic E-state index is 12.2. The van der Waals surface area contributed by atoms with E-state index in [0.29, 0.717) is 0 Å². The number of nitrogens with zero attached hydrogens (tertiary/aromatic N) is 4. The molecule has 1 saturated heterocycles. The molecule has 0 aliphatic carbocycles. The van der Waals surface area contributed by atoms with Crippen molar-refractivity contribution >= 4 is 11.9 Å². The molecule has 8 heteroatoms. The summed E-state index contributed by atoms with van der Waals surface area (Å²) >= 11 is 0. The van der Waals surface area contributed by atoms with Crippen molar-refractivity contribution < 1.29 is 14.3 Å². The predicted octanol–water partition coefficient (Wildman–Crippen LogP) is 0.312. The first-order valence-electron chi connectivity index (χ1n) is 6.53. The molecule has 1 unspecified atom stereocenters. The van der Waals surface area contributed by atoms with Crippen LogP contribution >= 0.6 is 0 Å². The zero-order valence-corrected chi connectivity index (χ0v) is 11.9. The minimum Gasteiger partial charge on any atom is -0.467 e. The van der Waals surface area contributed by atoms with Crippen LogP contribution in [0, 0.1) is 0 Å². The molecular weight excluding hydrogens is 262 g/mol. The first kappa shape index (κ1) is 14.3. The van der Waals surface area contributed by atoms with E-state index in [9.17, 15) is 4.79 Å². The molecule has 2 heterocycles. The van der Waals surface area contributed by atoms with Gasteiger partial charge in [0.2, 0.25) is 11.9 Å². The fourth-order valence-electron chi connectivity index (χ4n) is 2.05. The van der Waals surface area contributed by atoms with E-state index < -0.39 is 6.04 Å². The Morgan fingerprint density at radius 1 is 1.15 bits per heavy atom. The number of carbonyl (C=O) groups is 1. The zero-order valence-electron chi connectivity index (χ0n) is 11.9. The monoisotopic (exact) mass is 281 g/mol. The molecule has 110 valence electrons. The third kappa shape index (κ3) is 3.25. The highest BCUT2D eigenvalue weighted by molar-refractivity contribution is 5.84. The van der Waals surface area contributed by atoms with Crippen LogP contribution in [0.25, 0.3) is 0 Å². The summed E-state index contributed by atoms with van der Waals surface area (Å²) in [6, 6.07) is -0.134. The molecule has 0 aromatic carbocycles. The molecule has 1 aliphatic heterocycles. The number of nitrogens with one attached hydrogen (secondary N) is 1. The average molecular weight is 281 g/mol. The molecular formula is C12H19N5O3. The van der Waals surface area contributed by atoms with Crippen molar-refractivity contribution in [1.29, 1.82) is 0 Å². The summed E-state index contributed by atoms with van der Waals surface area (Å²) in [5.41, 5.74) is 0. The summed E-state index contributed by atoms with van der Waals surface area (Å²) in [7, 11) is 2.91. The fourth-order valence-corrected chi connectivity index (χ4v) is 2.05. The lowest BCUT2D eigenvalue weighted by Gasteiger charge is -2.21. The van der Waals surface area contributed by atoms with Crippen LogP contribution in [0.2, 0.25) is 0 Å². The van der Waals surface area contributed by atoms with E-state index >= 15 is 0 Å². The molecule has 2 rings (SSSR count). The van der Waals surface area contributed by atoms with Gasteiger partial charge in [0.15, 0.2) is 0 Å².